The molecule has 21 heavy (non-hydrogen) atoms. The van der Waals surface area contributed by atoms with E-state index in [1.807, 2.05) is 16.8 Å². The molecule has 0 radical (unpaired) electrons. The van der Waals surface area contributed by atoms with Crippen LogP contribution in [0.5, 0.6) is 0 Å². The lowest BCUT2D eigenvalue weighted by Crippen LogP contribution is -2.30. The van der Waals surface area contributed by atoms with Gasteiger partial charge >= 0.3 is 6.03 Å². The first kappa shape index (κ1) is 14.1. The fraction of sp³-hybridized carbons (Fsp3) is 0.312. The van der Waals surface area contributed by atoms with E-state index in [0.29, 0.717) is 18.2 Å². The normalized spacial score (nSPS) is 14.0. The van der Waals surface area contributed by atoms with Crippen LogP contribution in [0.1, 0.15) is 29.9 Å². The van der Waals surface area contributed by atoms with E-state index in [0.717, 1.165) is 24.0 Å². The Morgan fingerprint density at radius 3 is 2.86 bits per heavy atom. The number of hydrogen-bond donors (Lipinski definition) is 1. The van der Waals surface area contributed by atoms with Crippen molar-refractivity contribution in [3.63, 3.8) is 0 Å². The molecular weight excluding hydrogens is 287 g/mol. The lowest BCUT2D eigenvalue weighted by molar-refractivity contribution is 0.221. The summed E-state index contributed by atoms with van der Waals surface area (Å²) in [4.78, 5) is 13.7. The van der Waals surface area contributed by atoms with Gasteiger partial charge in [-0.1, -0.05) is 6.07 Å². The third kappa shape index (κ3) is 3.42. The van der Waals surface area contributed by atoms with Crippen molar-refractivity contribution in [3.05, 3.63) is 52.0 Å². The van der Waals surface area contributed by atoms with E-state index in [1.54, 1.807) is 35.4 Å². The zero-order chi connectivity index (χ0) is 14.8. The molecule has 0 atom stereocenters. The molecular formula is C16H17FN2OS. The number of urea groups is 1. The zero-order valence-electron chi connectivity index (χ0n) is 11.8. The molecule has 0 aliphatic heterocycles. The first-order chi connectivity index (χ1) is 10.1. The van der Waals surface area contributed by atoms with E-state index in [-0.39, 0.29) is 11.8 Å². The van der Waals surface area contributed by atoms with Crippen LogP contribution in [0.3, 0.4) is 0 Å². The van der Waals surface area contributed by atoms with Crippen molar-refractivity contribution in [2.75, 3.05) is 12.4 Å². The van der Waals surface area contributed by atoms with Crippen molar-refractivity contribution in [3.8, 4) is 0 Å². The van der Waals surface area contributed by atoms with Crippen LogP contribution in [0.25, 0.3) is 0 Å². The first-order valence-corrected chi connectivity index (χ1v) is 7.90. The Morgan fingerprint density at radius 1 is 1.43 bits per heavy atom. The van der Waals surface area contributed by atoms with E-state index < -0.39 is 0 Å². The van der Waals surface area contributed by atoms with E-state index in [2.05, 4.69) is 5.32 Å². The van der Waals surface area contributed by atoms with Gasteiger partial charge in [0.25, 0.3) is 0 Å². The molecule has 3 rings (SSSR count). The molecule has 1 fully saturated rings. The van der Waals surface area contributed by atoms with Crippen molar-refractivity contribution >= 4 is 23.1 Å². The van der Waals surface area contributed by atoms with Crippen LogP contribution in [0.15, 0.2) is 35.0 Å². The summed E-state index contributed by atoms with van der Waals surface area (Å²) >= 11 is 1.60. The second-order valence-electron chi connectivity index (χ2n) is 5.43. The smallest absolute Gasteiger partial charge is 0.321 e. The molecule has 110 valence electrons. The van der Waals surface area contributed by atoms with Crippen LogP contribution in [-0.2, 0) is 6.54 Å². The Kier molecular flexibility index (Phi) is 3.92. The summed E-state index contributed by atoms with van der Waals surface area (Å²) in [7, 11) is 1.72. The van der Waals surface area contributed by atoms with E-state index in [1.165, 1.54) is 6.07 Å². The van der Waals surface area contributed by atoms with Gasteiger partial charge in [-0.05, 0) is 58.8 Å². The topological polar surface area (TPSA) is 32.3 Å². The highest BCUT2D eigenvalue weighted by Gasteiger charge is 2.26. The highest BCUT2D eigenvalue weighted by atomic mass is 32.1. The molecule has 1 aromatic heterocycles. The van der Waals surface area contributed by atoms with Gasteiger partial charge in [0.1, 0.15) is 5.82 Å². The molecule has 1 aromatic carbocycles. The maximum absolute atomic E-state index is 13.9. The van der Waals surface area contributed by atoms with Gasteiger partial charge in [-0.3, -0.25) is 0 Å². The highest BCUT2D eigenvalue weighted by Crippen LogP contribution is 2.41. The molecule has 0 spiro atoms. The summed E-state index contributed by atoms with van der Waals surface area (Å²) in [5, 5.41) is 6.72. The van der Waals surface area contributed by atoms with E-state index in [9.17, 15) is 9.18 Å². The quantitative estimate of drug-likeness (QED) is 0.890. The number of benzene rings is 1. The van der Waals surface area contributed by atoms with Gasteiger partial charge in [0.15, 0.2) is 0 Å². The van der Waals surface area contributed by atoms with Crippen LogP contribution in [-0.4, -0.2) is 18.0 Å². The number of carbonyl (C=O) groups is 1. The second kappa shape index (κ2) is 5.85. The maximum atomic E-state index is 13.9. The zero-order valence-corrected chi connectivity index (χ0v) is 12.6. The number of hydrogen-bond acceptors (Lipinski definition) is 2. The first-order valence-electron chi connectivity index (χ1n) is 6.96. The molecule has 1 N–H and O–H groups in total. The van der Waals surface area contributed by atoms with Gasteiger partial charge in [-0.25, -0.2) is 9.18 Å². The minimum absolute atomic E-state index is 0.226. The third-order valence-corrected chi connectivity index (χ3v) is 4.35. The number of nitrogens with zero attached hydrogens (tertiary/aromatic N) is 1. The Bertz CT molecular complexity index is 638. The average molecular weight is 304 g/mol. The molecule has 0 unspecified atom stereocenters. The summed E-state index contributed by atoms with van der Waals surface area (Å²) in [5.41, 5.74) is 2.35. The molecule has 0 saturated heterocycles. The van der Waals surface area contributed by atoms with Crippen molar-refractivity contribution < 1.29 is 9.18 Å². The molecule has 1 saturated carbocycles. The monoisotopic (exact) mass is 304 g/mol. The summed E-state index contributed by atoms with van der Waals surface area (Å²) in [6, 6.07) is 6.71. The molecule has 3 nitrogen and oxygen atoms in total. The van der Waals surface area contributed by atoms with Gasteiger partial charge in [0.2, 0.25) is 0 Å². The van der Waals surface area contributed by atoms with E-state index in [4.69, 9.17) is 0 Å². The molecule has 5 heteroatoms. The number of anilines is 1. The highest BCUT2D eigenvalue weighted by molar-refractivity contribution is 7.07. The summed E-state index contributed by atoms with van der Waals surface area (Å²) in [6.07, 6.45) is 2.12. The SMILES string of the molecule is CN(Cc1ccsc1)C(=O)Nc1ccc(C2CC2)c(F)c1. The van der Waals surface area contributed by atoms with Gasteiger partial charge in [0, 0.05) is 19.3 Å². The van der Waals surface area contributed by atoms with Crippen LogP contribution in [0.4, 0.5) is 14.9 Å². The Morgan fingerprint density at radius 2 is 2.24 bits per heavy atom. The number of carbonyl (C=O) groups excluding carboxylic acids is 1. The fourth-order valence-electron chi connectivity index (χ4n) is 2.28. The Hall–Kier alpha value is -1.88. The standard InChI is InChI=1S/C16H17FN2OS/c1-19(9-11-6-7-21-10-11)16(20)18-13-4-5-14(12-2-3-12)15(17)8-13/h4-8,10,12H,2-3,9H2,1H3,(H,18,20). The lowest BCUT2D eigenvalue weighted by atomic mass is 10.1. The van der Waals surface area contributed by atoms with Gasteiger partial charge in [-0.2, -0.15) is 11.3 Å². The third-order valence-electron chi connectivity index (χ3n) is 3.62. The van der Waals surface area contributed by atoms with E-state index >= 15 is 0 Å². The molecule has 1 aliphatic carbocycles. The number of amides is 2. The Labute approximate surface area is 127 Å². The second-order valence-corrected chi connectivity index (χ2v) is 6.21. The largest absolute Gasteiger partial charge is 0.323 e. The molecule has 1 aliphatic rings. The average Bonchev–Trinajstić information content (AvgIpc) is 3.16. The number of rotatable bonds is 4. The molecule has 2 amide bonds. The summed E-state index contributed by atoms with van der Waals surface area (Å²) in [6.45, 7) is 0.540. The summed E-state index contributed by atoms with van der Waals surface area (Å²) < 4.78 is 13.9. The van der Waals surface area contributed by atoms with Crippen LogP contribution < -0.4 is 5.32 Å². The maximum Gasteiger partial charge on any atom is 0.321 e. The predicted octanol–water partition coefficient (Wildman–Crippen LogP) is 4.43. The molecule has 0 bridgehead atoms. The fourth-order valence-corrected chi connectivity index (χ4v) is 2.94. The van der Waals surface area contributed by atoms with Crippen molar-refractivity contribution in [1.29, 1.82) is 0 Å². The van der Waals surface area contributed by atoms with Crippen LogP contribution >= 0.6 is 11.3 Å². The summed E-state index contributed by atoms with van der Waals surface area (Å²) in [5.74, 6) is 0.145. The lowest BCUT2D eigenvalue weighted by Gasteiger charge is -2.17. The minimum atomic E-state index is -0.236. The number of halogens is 1. The van der Waals surface area contributed by atoms with Crippen molar-refractivity contribution in [2.24, 2.45) is 0 Å². The number of thiophene rings is 1. The molecule has 1 heterocycles. The van der Waals surface area contributed by atoms with Crippen molar-refractivity contribution in [2.45, 2.75) is 25.3 Å². The van der Waals surface area contributed by atoms with Crippen LogP contribution in [0, 0.1) is 5.82 Å². The molecule has 2 aromatic rings. The van der Waals surface area contributed by atoms with Gasteiger partial charge in [0.05, 0.1) is 0 Å². The predicted molar refractivity (Wildman–Crippen MR) is 83.2 cm³/mol. The van der Waals surface area contributed by atoms with Gasteiger partial charge < -0.3 is 10.2 Å². The number of nitrogens with one attached hydrogen (secondary N) is 1. The van der Waals surface area contributed by atoms with Gasteiger partial charge in [-0.15, -0.1) is 0 Å². The van der Waals surface area contributed by atoms with Crippen molar-refractivity contribution in [1.82, 2.24) is 4.90 Å². The van der Waals surface area contributed by atoms with Crippen LogP contribution in [0.2, 0.25) is 0 Å². The Balaban J connectivity index is 1.62. The minimum Gasteiger partial charge on any atom is -0.323 e.